The molecule has 0 heterocycles. The molecule has 0 atom stereocenters. The van der Waals surface area contributed by atoms with Crippen molar-refractivity contribution in [3.8, 4) is 5.75 Å². The number of thiol groups is 1. The summed E-state index contributed by atoms with van der Waals surface area (Å²) in [6, 6.07) is 2.61. The van der Waals surface area contributed by atoms with Gasteiger partial charge in [-0.3, -0.25) is 0 Å². The van der Waals surface area contributed by atoms with Crippen molar-refractivity contribution in [3.63, 3.8) is 0 Å². The predicted molar refractivity (Wildman–Crippen MR) is 47.1 cm³/mol. The number of aromatic carboxylic acids is 1. The number of phenolic OH excluding ortho intramolecular Hbond substituents is 1. The molecule has 4 heteroatoms. The number of carboxylic acid groups (broad SMARTS) is 1. The molecular formula is C8H8O3S. The lowest BCUT2D eigenvalue weighted by molar-refractivity contribution is 0.0696. The van der Waals surface area contributed by atoms with E-state index in [1.807, 2.05) is 0 Å². The molecule has 0 aliphatic carbocycles. The minimum Gasteiger partial charge on any atom is -0.508 e. The molecule has 0 aliphatic rings. The SMILES string of the molecule is Cc1c(O)cc(C(=O)O)cc1S. The van der Waals surface area contributed by atoms with Crippen molar-refractivity contribution in [1.82, 2.24) is 0 Å². The zero-order valence-electron chi connectivity index (χ0n) is 6.40. The van der Waals surface area contributed by atoms with Crippen LogP contribution in [0.2, 0.25) is 0 Å². The standard InChI is InChI=1S/C8H8O3S/c1-4-6(9)2-5(8(10)11)3-7(4)12/h2-3,9,12H,1H3,(H,10,11). The molecule has 3 nitrogen and oxygen atoms in total. The predicted octanol–water partition coefficient (Wildman–Crippen LogP) is 1.69. The van der Waals surface area contributed by atoms with Gasteiger partial charge in [0.1, 0.15) is 5.75 Å². The van der Waals surface area contributed by atoms with Crippen molar-refractivity contribution in [2.75, 3.05) is 0 Å². The van der Waals surface area contributed by atoms with Crippen LogP contribution in [0.4, 0.5) is 0 Å². The third-order valence-electron chi connectivity index (χ3n) is 1.60. The molecule has 1 rings (SSSR count). The molecule has 2 N–H and O–H groups in total. The van der Waals surface area contributed by atoms with Crippen LogP contribution >= 0.6 is 12.6 Å². The first-order valence-electron chi connectivity index (χ1n) is 3.28. The molecule has 0 fully saturated rings. The number of hydrogen-bond donors (Lipinski definition) is 3. The molecule has 0 radical (unpaired) electrons. The third-order valence-corrected chi connectivity index (χ3v) is 2.06. The fraction of sp³-hybridized carbons (Fsp3) is 0.125. The van der Waals surface area contributed by atoms with Gasteiger partial charge in [-0.1, -0.05) is 0 Å². The monoisotopic (exact) mass is 184 g/mol. The van der Waals surface area contributed by atoms with Crippen LogP contribution in [-0.2, 0) is 0 Å². The van der Waals surface area contributed by atoms with Gasteiger partial charge < -0.3 is 10.2 Å². The molecule has 1 aromatic rings. The molecular weight excluding hydrogens is 176 g/mol. The Morgan fingerprint density at radius 1 is 1.50 bits per heavy atom. The Balaban J connectivity index is 3.31. The van der Waals surface area contributed by atoms with E-state index in [0.29, 0.717) is 10.5 Å². The van der Waals surface area contributed by atoms with Crippen molar-refractivity contribution in [3.05, 3.63) is 23.3 Å². The van der Waals surface area contributed by atoms with E-state index in [0.717, 1.165) is 0 Å². The summed E-state index contributed by atoms with van der Waals surface area (Å²) in [4.78, 5) is 11.0. The average Bonchev–Trinajstić information content (AvgIpc) is 1.99. The van der Waals surface area contributed by atoms with E-state index in [9.17, 15) is 9.90 Å². The second-order valence-electron chi connectivity index (χ2n) is 2.44. The fourth-order valence-corrected chi connectivity index (χ4v) is 1.06. The topological polar surface area (TPSA) is 57.5 Å². The maximum absolute atomic E-state index is 10.5. The Kier molecular flexibility index (Phi) is 2.28. The van der Waals surface area contributed by atoms with Crippen molar-refractivity contribution in [2.24, 2.45) is 0 Å². The normalized spacial score (nSPS) is 9.83. The number of carboxylic acids is 1. The van der Waals surface area contributed by atoms with E-state index in [1.165, 1.54) is 12.1 Å². The first-order chi connectivity index (χ1) is 5.52. The molecule has 0 saturated heterocycles. The smallest absolute Gasteiger partial charge is 0.335 e. The number of carbonyl (C=O) groups is 1. The van der Waals surface area contributed by atoms with E-state index in [-0.39, 0.29) is 11.3 Å². The van der Waals surface area contributed by atoms with Gasteiger partial charge in [0.2, 0.25) is 0 Å². The highest BCUT2D eigenvalue weighted by atomic mass is 32.1. The molecule has 0 spiro atoms. The first kappa shape index (κ1) is 8.93. The first-order valence-corrected chi connectivity index (χ1v) is 3.73. The summed E-state index contributed by atoms with van der Waals surface area (Å²) in [7, 11) is 0. The van der Waals surface area contributed by atoms with E-state index in [1.54, 1.807) is 6.92 Å². The van der Waals surface area contributed by atoms with Gasteiger partial charge in [0, 0.05) is 10.5 Å². The van der Waals surface area contributed by atoms with E-state index >= 15 is 0 Å². The van der Waals surface area contributed by atoms with Crippen LogP contribution in [0, 0.1) is 6.92 Å². The van der Waals surface area contributed by atoms with E-state index < -0.39 is 5.97 Å². The Labute approximate surface area is 75.1 Å². The van der Waals surface area contributed by atoms with Crippen LogP contribution in [0.15, 0.2) is 17.0 Å². The highest BCUT2D eigenvalue weighted by Gasteiger charge is 2.08. The molecule has 0 unspecified atom stereocenters. The maximum Gasteiger partial charge on any atom is 0.335 e. The number of benzene rings is 1. The van der Waals surface area contributed by atoms with Gasteiger partial charge in [-0.25, -0.2) is 4.79 Å². The Morgan fingerprint density at radius 3 is 2.50 bits per heavy atom. The number of hydrogen-bond acceptors (Lipinski definition) is 3. The van der Waals surface area contributed by atoms with Gasteiger partial charge in [0.15, 0.2) is 0 Å². The lowest BCUT2D eigenvalue weighted by atomic mass is 10.1. The summed E-state index contributed by atoms with van der Waals surface area (Å²) in [5.41, 5.74) is 0.631. The fourth-order valence-electron chi connectivity index (χ4n) is 0.807. The van der Waals surface area contributed by atoms with Crippen LogP contribution in [-0.4, -0.2) is 16.2 Å². The van der Waals surface area contributed by atoms with Crippen LogP contribution in [0.25, 0.3) is 0 Å². The maximum atomic E-state index is 10.5. The summed E-state index contributed by atoms with van der Waals surface area (Å²) >= 11 is 4.01. The highest BCUT2D eigenvalue weighted by Crippen LogP contribution is 2.24. The Hall–Kier alpha value is -1.16. The van der Waals surface area contributed by atoms with Crippen LogP contribution in [0.5, 0.6) is 5.75 Å². The van der Waals surface area contributed by atoms with Gasteiger partial charge >= 0.3 is 5.97 Å². The van der Waals surface area contributed by atoms with E-state index in [2.05, 4.69) is 12.6 Å². The Bertz CT molecular complexity index is 310. The quantitative estimate of drug-likeness (QED) is 0.582. The van der Waals surface area contributed by atoms with Crippen molar-refractivity contribution >= 4 is 18.6 Å². The molecule has 0 aliphatic heterocycles. The van der Waals surface area contributed by atoms with Gasteiger partial charge in [0.25, 0.3) is 0 Å². The summed E-state index contributed by atoms with van der Waals surface area (Å²) in [6.45, 7) is 1.67. The molecule has 1 aromatic carbocycles. The van der Waals surface area contributed by atoms with Crippen molar-refractivity contribution in [2.45, 2.75) is 11.8 Å². The van der Waals surface area contributed by atoms with Gasteiger partial charge in [0.05, 0.1) is 5.56 Å². The van der Waals surface area contributed by atoms with E-state index in [4.69, 9.17) is 5.11 Å². The van der Waals surface area contributed by atoms with Gasteiger partial charge in [-0.2, -0.15) is 0 Å². The van der Waals surface area contributed by atoms with Crippen LogP contribution < -0.4 is 0 Å². The second kappa shape index (κ2) is 3.06. The second-order valence-corrected chi connectivity index (χ2v) is 2.93. The van der Waals surface area contributed by atoms with Gasteiger partial charge in [-0.05, 0) is 19.1 Å². The molecule has 0 amide bonds. The molecule has 0 aromatic heterocycles. The molecule has 0 bridgehead atoms. The number of rotatable bonds is 1. The van der Waals surface area contributed by atoms with Crippen molar-refractivity contribution in [1.29, 1.82) is 0 Å². The van der Waals surface area contributed by atoms with Crippen molar-refractivity contribution < 1.29 is 15.0 Å². The average molecular weight is 184 g/mol. The summed E-state index contributed by atoms with van der Waals surface area (Å²) in [5, 5.41) is 17.8. The molecule has 0 saturated carbocycles. The summed E-state index contributed by atoms with van der Waals surface area (Å²) in [6.07, 6.45) is 0. The Morgan fingerprint density at radius 2 is 2.08 bits per heavy atom. The lowest BCUT2D eigenvalue weighted by Crippen LogP contribution is -1.96. The highest BCUT2D eigenvalue weighted by molar-refractivity contribution is 7.80. The number of aromatic hydroxyl groups is 1. The minimum absolute atomic E-state index is 0.0418. The molecule has 12 heavy (non-hydrogen) atoms. The lowest BCUT2D eigenvalue weighted by Gasteiger charge is -2.03. The number of phenols is 1. The van der Waals surface area contributed by atoms with Crippen LogP contribution in [0.1, 0.15) is 15.9 Å². The van der Waals surface area contributed by atoms with Gasteiger partial charge in [-0.15, -0.1) is 12.6 Å². The largest absolute Gasteiger partial charge is 0.508 e. The minimum atomic E-state index is -1.07. The summed E-state index contributed by atoms with van der Waals surface area (Å²) < 4.78 is 0. The van der Waals surface area contributed by atoms with Crippen LogP contribution in [0.3, 0.4) is 0 Å². The zero-order chi connectivity index (χ0) is 9.30. The zero-order valence-corrected chi connectivity index (χ0v) is 7.30. The third kappa shape index (κ3) is 1.53. The summed E-state index contributed by atoms with van der Waals surface area (Å²) in [5.74, 6) is -1.11. The molecule has 64 valence electrons.